The van der Waals surface area contributed by atoms with E-state index in [4.69, 9.17) is 4.74 Å². The van der Waals surface area contributed by atoms with Crippen molar-refractivity contribution in [1.82, 2.24) is 15.0 Å². The van der Waals surface area contributed by atoms with E-state index in [-0.39, 0.29) is 34.8 Å². The minimum absolute atomic E-state index is 0. The van der Waals surface area contributed by atoms with Crippen molar-refractivity contribution in [2.75, 3.05) is 7.11 Å². The number of imidazole rings is 1. The fourth-order valence-electron chi connectivity index (χ4n) is 3.54. The second kappa shape index (κ2) is 8.21. The van der Waals surface area contributed by atoms with Crippen molar-refractivity contribution in [3.63, 3.8) is 0 Å². The summed E-state index contributed by atoms with van der Waals surface area (Å²) < 4.78 is 18.9. The van der Waals surface area contributed by atoms with Crippen LogP contribution in [0.15, 0.2) is 35.6 Å². The maximum Gasteiger partial charge on any atom is 1.00 e. The summed E-state index contributed by atoms with van der Waals surface area (Å²) in [6.07, 6.45) is 5.60. The molecule has 0 amide bonds. The number of methoxy groups -OCH3 is 1. The van der Waals surface area contributed by atoms with Crippen molar-refractivity contribution in [2.24, 2.45) is 0 Å². The Morgan fingerprint density at radius 3 is 2.85 bits per heavy atom. The Balaban J connectivity index is 0.00000196. The van der Waals surface area contributed by atoms with E-state index in [1.54, 1.807) is 7.11 Å². The molecule has 4 rings (SSSR count). The molecule has 26 heavy (non-hydrogen) atoms. The molecule has 2 atom stereocenters. The average Bonchev–Trinajstić information content (AvgIpc) is 2.95. The van der Waals surface area contributed by atoms with Gasteiger partial charge in [0.15, 0.2) is 0 Å². The standard InChI is InChI=1S/C19H20N3O2S.Na/c1-12-11-20-17-13(18(12)24-2)7-3-6-10-16(17)25(23)19-21-14-8-4-5-9-15(14)22-19;/h4-5,8-9,11,16H,3,6-7,10H2,1-2H3;/q-1;+1/t16-,25+;/m1./s1. The maximum absolute atomic E-state index is 13.3. The number of nitrogens with zero attached hydrogens (tertiary/aromatic N) is 3. The summed E-state index contributed by atoms with van der Waals surface area (Å²) in [6.45, 7) is 2.00. The Hall–Kier alpha value is -1.21. The molecule has 7 heteroatoms. The van der Waals surface area contributed by atoms with Crippen LogP contribution in [0.1, 0.15) is 41.3 Å². The van der Waals surface area contributed by atoms with Crippen LogP contribution in [0, 0.1) is 6.92 Å². The van der Waals surface area contributed by atoms with E-state index >= 15 is 0 Å². The first-order valence-corrected chi connectivity index (χ1v) is 9.72. The molecule has 0 saturated carbocycles. The van der Waals surface area contributed by atoms with Gasteiger partial charge in [0, 0.05) is 22.5 Å². The van der Waals surface area contributed by atoms with Gasteiger partial charge in [-0.3, -0.25) is 9.19 Å². The van der Waals surface area contributed by atoms with E-state index in [1.807, 2.05) is 37.4 Å². The number of ether oxygens (including phenoxy) is 1. The molecule has 0 unspecified atom stereocenters. The van der Waals surface area contributed by atoms with Gasteiger partial charge in [-0.1, -0.05) is 30.7 Å². The number of benzene rings is 1. The summed E-state index contributed by atoms with van der Waals surface area (Å²) in [6, 6.07) is 7.63. The number of aryl methyl sites for hydroxylation is 1. The SMILES string of the molecule is COc1c(C)cnc2c1CCCC[C@H]2[S@](=O)c1nc2ccccc2[n-]1.[Na+]. The van der Waals surface area contributed by atoms with E-state index in [0.717, 1.165) is 59.3 Å². The summed E-state index contributed by atoms with van der Waals surface area (Å²) in [7, 11) is 0.355. The molecule has 5 nitrogen and oxygen atoms in total. The Kier molecular flexibility index (Phi) is 6.17. The van der Waals surface area contributed by atoms with Gasteiger partial charge in [-0.25, -0.2) is 0 Å². The van der Waals surface area contributed by atoms with Crippen LogP contribution in [0.4, 0.5) is 0 Å². The Morgan fingerprint density at radius 2 is 2.08 bits per heavy atom. The Morgan fingerprint density at radius 1 is 1.27 bits per heavy atom. The van der Waals surface area contributed by atoms with Gasteiger partial charge in [0.2, 0.25) is 0 Å². The molecule has 2 heterocycles. The normalized spacial score (nSPS) is 17.8. The Bertz CT molecular complexity index is 924. The average molecular weight is 377 g/mol. The van der Waals surface area contributed by atoms with Crippen LogP contribution in [0.5, 0.6) is 5.75 Å². The molecular formula is C19H20N3NaO2S. The molecule has 1 aromatic carbocycles. The first-order valence-electron chi connectivity index (χ1n) is 8.51. The summed E-state index contributed by atoms with van der Waals surface area (Å²) >= 11 is 0. The van der Waals surface area contributed by atoms with Gasteiger partial charge in [-0.15, -0.1) is 0 Å². The Labute approximate surface area is 177 Å². The van der Waals surface area contributed by atoms with Crippen molar-refractivity contribution in [1.29, 1.82) is 0 Å². The predicted molar refractivity (Wildman–Crippen MR) is 97.3 cm³/mol. The summed E-state index contributed by atoms with van der Waals surface area (Å²) in [4.78, 5) is 13.6. The van der Waals surface area contributed by atoms with Gasteiger partial charge in [0.05, 0.1) is 28.9 Å². The monoisotopic (exact) mass is 377 g/mol. The van der Waals surface area contributed by atoms with Gasteiger partial charge < -0.3 is 14.7 Å². The second-order valence-corrected chi connectivity index (χ2v) is 7.89. The fourth-order valence-corrected chi connectivity index (χ4v) is 4.96. The van der Waals surface area contributed by atoms with Crippen LogP contribution in [-0.4, -0.2) is 21.3 Å². The summed E-state index contributed by atoms with van der Waals surface area (Å²) in [5.74, 6) is 0.877. The van der Waals surface area contributed by atoms with Crippen LogP contribution in [0.25, 0.3) is 11.0 Å². The molecule has 0 N–H and O–H groups in total. The van der Waals surface area contributed by atoms with Gasteiger partial charge in [0.1, 0.15) is 5.75 Å². The topological polar surface area (TPSA) is 66.2 Å². The van der Waals surface area contributed by atoms with E-state index in [1.165, 1.54) is 0 Å². The second-order valence-electron chi connectivity index (χ2n) is 6.36. The fraction of sp³-hybridized carbons (Fsp3) is 0.368. The number of hydrogen-bond acceptors (Lipinski definition) is 4. The van der Waals surface area contributed by atoms with Crippen molar-refractivity contribution in [3.05, 3.63) is 47.3 Å². The van der Waals surface area contributed by atoms with Crippen LogP contribution in [0.2, 0.25) is 0 Å². The molecule has 0 bridgehead atoms. The van der Waals surface area contributed by atoms with Gasteiger partial charge in [0.25, 0.3) is 0 Å². The molecule has 1 aliphatic carbocycles. The van der Waals surface area contributed by atoms with Crippen LogP contribution < -0.4 is 39.3 Å². The van der Waals surface area contributed by atoms with E-state index in [2.05, 4.69) is 15.0 Å². The molecule has 0 spiro atoms. The van der Waals surface area contributed by atoms with Gasteiger partial charge in [-0.05, 0) is 37.2 Å². The minimum atomic E-state index is -1.33. The molecule has 3 aromatic rings. The molecule has 2 aromatic heterocycles. The third-order valence-electron chi connectivity index (χ3n) is 4.74. The van der Waals surface area contributed by atoms with Crippen LogP contribution >= 0.6 is 0 Å². The van der Waals surface area contributed by atoms with Crippen molar-refractivity contribution < 1.29 is 38.5 Å². The number of hydrogen-bond donors (Lipinski definition) is 0. The van der Waals surface area contributed by atoms with Gasteiger partial charge >= 0.3 is 29.6 Å². The number of fused-ring (bicyclic) bond motifs is 2. The molecule has 130 valence electrons. The van der Waals surface area contributed by atoms with Crippen molar-refractivity contribution >= 4 is 21.8 Å². The minimum Gasteiger partial charge on any atom is -0.496 e. The quantitative estimate of drug-likeness (QED) is 0.491. The van der Waals surface area contributed by atoms with Crippen LogP contribution in [0.3, 0.4) is 0 Å². The molecule has 0 aliphatic heterocycles. The third-order valence-corrected chi connectivity index (χ3v) is 6.26. The zero-order valence-corrected chi connectivity index (χ0v) is 18.2. The largest absolute Gasteiger partial charge is 1.00 e. The molecule has 0 radical (unpaired) electrons. The number of rotatable bonds is 3. The summed E-state index contributed by atoms with van der Waals surface area (Å²) in [5, 5.41) is 0.212. The maximum atomic E-state index is 13.3. The molecular weight excluding hydrogens is 357 g/mol. The summed E-state index contributed by atoms with van der Waals surface area (Å²) in [5.41, 5.74) is 4.56. The first-order chi connectivity index (χ1) is 12.2. The molecule has 0 fully saturated rings. The predicted octanol–water partition coefficient (Wildman–Crippen LogP) is 0.483. The van der Waals surface area contributed by atoms with Crippen molar-refractivity contribution in [2.45, 2.75) is 43.0 Å². The van der Waals surface area contributed by atoms with E-state index < -0.39 is 10.8 Å². The van der Waals surface area contributed by atoms with Crippen molar-refractivity contribution in [3.8, 4) is 5.75 Å². The smallest absolute Gasteiger partial charge is 0.496 e. The van der Waals surface area contributed by atoms with E-state index in [9.17, 15) is 4.21 Å². The number of aromatic nitrogens is 3. The third kappa shape index (κ3) is 3.48. The van der Waals surface area contributed by atoms with E-state index in [0.29, 0.717) is 5.16 Å². The number of para-hydroxylation sites is 2. The number of pyridine rings is 1. The zero-order chi connectivity index (χ0) is 17.4. The first kappa shape index (κ1) is 19.5. The van der Waals surface area contributed by atoms with Gasteiger partial charge in [-0.2, -0.15) is 0 Å². The molecule has 0 saturated heterocycles. The zero-order valence-electron chi connectivity index (χ0n) is 15.4. The molecule has 1 aliphatic rings. The van der Waals surface area contributed by atoms with Crippen LogP contribution in [-0.2, 0) is 17.2 Å².